The Morgan fingerprint density at radius 1 is 1.15 bits per heavy atom. The number of phenolic OH excluding ortho intramolecular Hbond substituents is 1. The maximum Gasteiger partial charge on any atom is 0.342 e. The number of hydrogen-bond acceptors (Lipinski definition) is 6. The van der Waals surface area contributed by atoms with Crippen molar-refractivity contribution < 1.29 is 24.0 Å². The lowest BCUT2D eigenvalue weighted by Crippen LogP contribution is -2.15. The summed E-state index contributed by atoms with van der Waals surface area (Å²) in [4.78, 5) is 24.5. The van der Waals surface area contributed by atoms with Crippen molar-refractivity contribution in [3.63, 3.8) is 0 Å². The number of Topliss-reactive ketones (excluding diaryl/α,β-unsaturated/α-hetero) is 1. The van der Waals surface area contributed by atoms with Gasteiger partial charge in [-0.1, -0.05) is 17.3 Å². The molecule has 3 aromatic rings. The summed E-state index contributed by atoms with van der Waals surface area (Å²) in [6.45, 7) is 5.00. The van der Waals surface area contributed by atoms with Crippen LogP contribution in [-0.2, 0) is 4.74 Å². The van der Waals surface area contributed by atoms with Crippen molar-refractivity contribution in [1.82, 2.24) is 9.72 Å². The molecule has 0 amide bonds. The molecule has 3 rings (SSSR count). The SMILES string of the molecule is Cc1cc(-n2c(C)cc(C(=O)COC(=O)c3ccccc3O)c2C)no1. The minimum Gasteiger partial charge on any atom is -0.507 e. The van der Waals surface area contributed by atoms with Crippen LogP contribution in [0.25, 0.3) is 5.82 Å². The number of benzene rings is 1. The first-order chi connectivity index (χ1) is 12.4. The minimum atomic E-state index is -0.752. The van der Waals surface area contributed by atoms with Gasteiger partial charge in [-0.25, -0.2) is 4.79 Å². The van der Waals surface area contributed by atoms with Gasteiger partial charge in [0.05, 0.1) is 0 Å². The molecule has 1 N–H and O–H groups in total. The van der Waals surface area contributed by atoms with Gasteiger partial charge in [0, 0.05) is 23.0 Å². The number of phenols is 1. The molecule has 0 saturated heterocycles. The molecule has 0 fully saturated rings. The summed E-state index contributed by atoms with van der Waals surface area (Å²) >= 11 is 0. The van der Waals surface area contributed by atoms with Gasteiger partial charge in [0.15, 0.2) is 12.4 Å². The zero-order valence-electron chi connectivity index (χ0n) is 14.6. The molecule has 0 atom stereocenters. The number of rotatable bonds is 5. The van der Waals surface area contributed by atoms with Crippen LogP contribution in [0, 0.1) is 20.8 Å². The van der Waals surface area contributed by atoms with Crippen LogP contribution in [0.2, 0.25) is 0 Å². The van der Waals surface area contributed by atoms with E-state index < -0.39 is 12.6 Å². The van der Waals surface area contributed by atoms with Crippen LogP contribution in [-0.4, -0.2) is 33.2 Å². The van der Waals surface area contributed by atoms with Gasteiger partial charge in [-0.05, 0) is 39.0 Å². The maximum absolute atomic E-state index is 12.5. The highest BCUT2D eigenvalue weighted by Crippen LogP contribution is 2.22. The number of aryl methyl sites for hydroxylation is 2. The second kappa shape index (κ2) is 6.87. The van der Waals surface area contributed by atoms with E-state index in [0.717, 1.165) is 5.69 Å². The third-order valence-corrected chi connectivity index (χ3v) is 4.03. The van der Waals surface area contributed by atoms with Crippen LogP contribution in [0.15, 0.2) is 40.9 Å². The number of carbonyl (C=O) groups is 2. The fourth-order valence-electron chi connectivity index (χ4n) is 2.79. The summed E-state index contributed by atoms with van der Waals surface area (Å²) in [6.07, 6.45) is 0. The molecule has 2 heterocycles. The second-order valence-corrected chi connectivity index (χ2v) is 5.93. The van der Waals surface area contributed by atoms with Crippen LogP contribution >= 0.6 is 0 Å². The average Bonchev–Trinajstić information content (AvgIpc) is 3.15. The molecular formula is C19H18N2O5. The van der Waals surface area contributed by atoms with E-state index >= 15 is 0 Å². The van der Waals surface area contributed by atoms with Crippen molar-refractivity contribution in [2.45, 2.75) is 20.8 Å². The van der Waals surface area contributed by atoms with Crippen molar-refractivity contribution in [2.24, 2.45) is 0 Å². The Labute approximate surface area is 149 Å². The van der Waals surface area contributed by atoms with E-state index in [1.165, 1.54) is 12.1 Å². The van der Waals surface area contributed by atoms with Crippen molar-refractivity contribution in [2.75, 3.05) is 6.61 Å². The molecule has 0 spiro atoms. The van der Waals surface area contributed by atoms with Crippen LogP contribution in [0.5, 0.6) is 5.75 Å². The summed E-state index contributed by atoms with van der Waals surface area (Å²) in [7, 11) is 0. The topological polar surface area (TPSA) is 94.6 Å². The smallest absolute Gasteiger partial charge is 0.342 e. The molecule has 2 aromatic heterocycles. The highest BCUT2D eigenvalue weighted by Gasteiger charge is 2.20. The summed E-state index contributed by atoms with van der Waals surface area (Å²) in [5, 5.41) is 13.6. The fraction of sp³-hybridized carbons (Fsp3) is 0.211. The van der Waals surface area contributed by atoms with E-state index in [-0.39, 0.29) is 17.1 Å². The van der Waals surface area contributed by atoms with Gasteiger partial charge in [0.1, 0.15) is 17.1 Å². The second-order valence-electron chi connectivity index (χ2n) is 5.93. The van der Waals surface area contributed by atoms with Crippen LogP contribution in [0.4, 0.5) is 0 Å². The molecule has 0 aliphatic carbocycles. The quantitative estimate of drug-likeness (QED) is 0.559. The Balaban J connectivity index is 1.77. The van der Waals surface area contributed by atoms with E-state index in [2.05, 4.69) is 5.16 Å². The molecule has 134 valence electrons. The summed E-state index contributed by atoms with van der Waals surface area (Å²) in [5.41, 5.74) is 1.95. The van der Waals surface area contributed by atoms with Crippen LogP contribution in [0.1, 0.15) is 37.9 Å². The minimum absolute atomic E-state index is 0.0174. The van der Waals surface area contributed by atoms with E-state index in [1.807, 2.05) is 6.92 Å². The molecule has 0 radical (unpaired) electrons. The molecule has 7 heteroatoms. The van der Waals surface area contributed by atoms with E-state index in [1.54, 1.807) is 42.7 Å². The standard InChI is InChI=1S/C19H18N2O5/c1-11-8-15(13(3)21(11)18-9-12(2)26-20-18)17(23)10-25-19(24)14-6-4-5-7-16(14)22/h4-9,22H,10H2,1-3H3. The zero-order valence-corrected chi connectivity index (χ0v) is 14.6. The van der Waals surface area contributed by atoms with E-state index in [0.29, 0.717) is 22.8 Å². The Morgan fingerprint density at radius 3 is 2.54 bits per heavy atom. The number of ketones is 1. The number of aromatic nitrogens is 2. The number of esters is 1. The van der Waals surface area contributed by atoms with Crippen molar-refractivity contribution in [3.05, 3.63) is 64.7 Å². The first-order valence-electron chi connectivity index (χ1n) is 7.99. The molecule has 0 aliphatic heterocycles. The number of nitrogens with zero attached hydrogens (tertiary/aromatic N) is 2. The lowest BCUT2D eigenvalue weighted by molar-refractivity contribution is 0.0471. The van der Waals surface area contributed by atoms with Crippen molar-refractivity contribution in [1.29, 1.82) is 0 Å². The highest BCUT2D eigenvalue weighted by molar-refractivity contribution is 6.01. The zero-order chi connectivity index (χ0) is 18.8. The first kappa shape index (κ1) is 17.5. The van der Waals surface area contributed by atoms with Crippen molar-refractivity contribution in [3.8, 4) is 11.6 Å². The van der Waals surface area contributed by atoms with Gasteiger partial charge in [-0.2, -0.15) is 0 Å². The normalized spacial score (nSPS) is 10.7. The van der Waals surface area contributed by atoms with Gasteiger partial charge in [-0.15, -0.1) is 0 Å². The molecule has 1 aromatic carbocycles. The van der Waals surface area contributed by atoms with Gasteiger partial charge < -0.3 is 14.4 Å². The predicted molar refractivity (Wildman–Crippen MR) is 92.8 cm³/mol. The molecule has 0 aliphatic rings. The first-order valence-corrected chi connectivity index (χ1v) is 7.99. The molecule has 26 heavy (non-hydrogen) atoms. The third kappa shape index (κ3) is 3.23. The molecular weight excluding hydrogens is 336 g/mol. The van der Waals surface area contributed by atoms with Gasteiger partial charge >= 0.3 is 5.97 Å². The lowest BCUT2D eigenvalue weighted by Gasteiger charge is -2.07. The largest absolute Gasteiger partial charge is 0.507 e. The number of ether oxygens (including phenoxy) is 1. The Bertz CT molecular complexity index is 984. The van der Waals surface area contributed by atoms with Crippen LogP contribution < -0.4 is 0 Å². The lowest BCUT2D eigenvalue weighted by atomic mass is 10.1. The van der Waals surface area contributed by atoms with Crippen molar-refractivity contribution >= 4 is 11.8 Å². The predicted octanol–water partition coefficient (Wildman–Crippen LogP) is 3.14. The third-order valence-electron chi connectivity index (χ3n) is 4.03. The van der Waals surface area contributed by atoms with E-state index in [9.17, 15) is 14.7 Å². The molecule has 0 saturated carbocycles. The number of aromatic hydroxyl groups is 1. The maximum atomic E-state index is 12.5. The number of para-hydroxylation sites is 1. The molecule has 0 bridgehead atoms. The van der Waals surface area contributed by atoms with Gasteiger partial charge in [-0.3, -0.25) is 9.36 Å². The average molecular weight is 354 g/mol. The number of carbonyl (C=O) groups excluding carboxylic acids is 2. The fourth-order valence-corrected chi connectivity index (χ4v) is 2.79. The Hall–Kier alpha value is -3.35. The van der Waals surface area contributed by atoms with E-state index in [4.69, 9.17) is 9.26 Å². The Kier molecular flexibility index (Phi) is 4.62. The number of hydrogen-bond donors (Lipinski definition) is 1. The molecule has 0 unspecified atom stereocenters. The van der Waals surface area contributed by atoms with Gasteiger partial charge in [0.25, 0.3) is 0 Å². The van der Waals surface area contributed by atoms with Crippen LogP contribution in [0.3, 0.4) is 0 Å². The summed E-state index contributed by atoms with van der Waals surface area (Å²) in [6, 6.07) is 9.50. The van der Waals surface area contributed by atoms with Gasteiger partial charge in [0.2, 0.25) is 5.78 Å². The summed E-state index contributed by atoms with van der Waals surface area (Å²) in [5.74, 6) is -0.0324. The highest BCUT2D eigenvalue weighted by atomic mass is 16.5. The molecule has 7 nitrogen and oxygen atoms in total. The Morgan fingerprint density at radius 2 is 1.88 bits per heavy atom. The summed E-state index contributed by atoms with van der Waals surface area (Å²) < 4.78 is 11.9. The monoisotopic (exact) mass is 354 g/mol.